The molecule has 2 nitrogen and oxygen atoms in total. The molecule has 1 aliphatic carbocycles. The van der Waals surface area contributed by atoms with Crippen LogP contribution in [-0.4, -0.2) is 27.2 Å². The minimum absolute atomic E-state index is 0.787. The molecular formula is C26H32N2. The lowest BCUT2D eigenvalue weighted by Gasteiger charge is -2.35. The van der Waals surface area contributed by atoms with Crippen LogP contribution < -0.4 is 9.80 Å². The van der Waals surface area contributed by atoms with Crippen molar-refractivity contribution in [1.82, 2.24) is 0 Å². The van der Waals surface area contributed by atoms with Gasteiger partial charge in [0.15, 0.2) is 0 Å². The molecule has 146 valence electrons. The Morgan fingerprint density at radius 2 is 1.71 bits per heavy atom. The summed E-state index contributed by atoms with van der Waals surface area (Å²) in [6.07, 6.45) is 8.33. The van der Waals surface area contributed by atoms with E-state index in [0.29, 0.717) is 0 Å². The van der Waals surface area contributed by atoms with Gasteiger partial charge in [-0.15, -0.1) is 0 Å². The largest absolute Gasteiger partial charge is 0.371 e. The number of nitrogens with zero attached hydrogens (tertiary/aromatic N) is 2. The van der Waals surface area contributed by atoms with Crippen molar-refractivity contribution in [2.24, 2.45) is 0 Å². The summed E-state index contributed by atoms with van der Waals surface area (Å²) < 4.78 is 0. The summed E-state index contributed by atoms with van der Waals surface area (Å²) in [6, 6.07) is 16.1. The number of fused-ring (bicyclic) bond motifs is 1. The molecule has 2 aromatic rings. The zero-order chi connectivity index (χ0) is 19.7. The summed E-state index contributed by atoms with van der Waals surface area (Å²) in [6.45, 7) is 6.62. The van der Waals surface area contributed by atoms with Gasteiger partial charge in [0.1, 0.15) is 0 Å². The van der Waals surface area contributed by atoms with E-state index in [1.165, 1.54) is 52.1 Å². The first-order chi connectivity index (χ1) is 13.6. The van der Waals surface area contributed by atoms with E-state index in [0.717, 1.165) is 25.4 Å². The Morgan fingerprint density at radius 3 is 2.43 bits per heavy atom. The molecule has 0 amide bonds. The number of hydrogen-bond acceptors (Lipinski definition) is 2. The van der Waals surface area contributed by atoms with Gasteiger partial charge in [-0.1, -0.05) is 49.4 Å². The minimum atomic E-state index is 0.787. The molecule has 0 aromatic heterocycles. The van der Waals surface area contributed by atoms with E-state index >= 15 is 0 Å². The molecule has 2 heteroatoms. The summed E-state index contributed by atoms with van der Waals surface area (Å²) in [5.41, 5.74) is 9.50. The Labute approximate surface area is 170 Å². The van der Waals surface area contributed by atoms with Crippen molar-refractivity contribution in [3.63, 3.8) is 0 Å². The number of allylic oxidation sites excluding steroid dienone is 4. The molecule has 2 aromatic carbocycles. The summed E-state index contributed by atoms with van der Waals surface area (Å²) in [5, 5.41) is 0. The van der Waals surface area contributed by atoms with E-state index in [1.807, 2.05) is 0 Å². The number of rotatable bonds is 5. The van der Waals surface area contributed by atoms with Gasteiger partial charge in [-0.05, 0) is 72.1 Å². The van der Waals surface area contributed by atoms with Gasteiger partial charge in [0.25, 0.3) is 0 Å². The van der Waals surface area contributed by atoms with Gasteiger partial charge >= 0.3 is 0 Å². The van der Waals surface area contributed by atoms with Crippen molar-refractivity contribution in [3.05, 3.63) is 71.3 Å². The summed E-state index contributed by atoms with van der Waals surface area (Å²) in [5.74, 6) is 0.787. The smallest absolute Gasteiger partial charge is 0.0608 e. The highest BCUT2D eigenvalue weighted by Crippen LogP contribution is 2.41. The molecule has 0 unspecified atom stereocenters. The lowest BCUT2D eigenvalue weighted by atomic mass is 9.93. The third-order valence-electron chi connectivity index (χ3n) is 6.17. The molecule has 1 heterocycles. The van der Waals surface area contributed by atoms with Crippen LogP contribution in [-0.2, 0) is 0 Å². The van der Waals surface area contributed by atoms with Crippen molar-refractivity contribution >= 4 is 22.5 Å². The third kappa shape index (κ3) is 3.73. The highest BCUT2D eigenvalue weighted by Gasteiger charge is 2.24. The Morgan fingerprint density at radius 1 is 0.964 bits per heavy atom. The van der Waals surface area contributed by atoms with Crippen LogP contribution in [0.25, 0.3) is 11.1 Å². The maximum absolute atomic E-state index is 2.41. The van der Waals surface area contributed by atoms with E-state index in [9.17, 15) is 0 Å². The fourth-order valence-electron chi connectivity index (χ4n) is 4.13. The molecule has 1 saturated carbocycles. The van der Waals surface area contributed by atoms with E-state index in [1.54, 1.807) is 0 Å². The van der Waals surface area contributed by atoms with E-state index in [4.69, 9.17) is 0 Å². The zero-order valence-corrected chi connectivity index (χ0v) is 17.7. The molecule has 2 aliphatic rings. The standard InChI is InChI=1S/C26H32N2/c1-5-6-10-24(19(2)21-8-7-9-22(17-21)20-11-12-20)23-13-14-25-26(18-23)28(4)16-15-27(25)3/h6-10,13-14,17-18,20H,5,11-12,15-16H2,1-4H3/b10-6-,24-19-. The average Bonchev–Trinajstić information content (AvgIpc) is 3.56. The van der Waals surface area contributed by atoms with E-state index < -0.39 is 0 Å². The van der Waals surface area contributed by atoms with Crippen molar-refractivity contribution in [2.45, 2.75) is 39.0 Å². The Bertz CT molecular complexity index is 918. The van der Waals surface area contributed by atoms with Crippen LogP contribution >= 0.6 is 0 Å². The highest BCUT2D eigenvalue weighted by atomic mass is 15.2. The molecule has 0 bridgehead atoms. The Kier molecular flexibility index (Phi) is 5.30. The average molecular weight is 373 g/mol. The van der Waals surface area contributed by atoms with Crippen molar-refractivity contribution in [1.29, 1.82) is 0 Å². The fourth-order valence-corrected chi connectivity index (χ4v) is 4.13. The van der Waals surface area contributed by atoms with Crippen molar-refractivity contribution in [2.75, 3.05) is 37.0 Å². The SMILES string of the molecule is CC/C=C\C(=C(/C)c1cccc(C2CC2)c1)c1ccc2c(c1)N(C)CCN2C. The normalized spacial score (nSPS) is 17.7. The predicted octanol–water partition coefficient (Wildman–Crippen LogP) is 6.35. The monoisotopic (exact) mass is 372 g/mol. The lowest BCUT2D eigenvalue weighted by molar-refractivity contribution is 0.797. The van der Waals surface area contributed by atoms with Crippen LogP contribution in [0.2, 0.25) is 0 Å². The van der Waals surface area contributed by atoms with Crippen LogP contribution in [0, 0.1) is 0 Å². The lowest BCUT2D eigenvalue weighted by Crippen LogP contribution is -2.36. The molecular weight excluding hydrogens is 340 g/mol. The molecule has 1 aliphatic heterocycles. The fraction of sp³-hybridized carbons (Fsp3) is 0.385. The first-order valence-electron chi connectivity index (χ1n) is 10.6. The van der Waals surface area contributed by atoms with Crippen LogP contribution in [0.15, 0.2) is 54.6 Å². The number of benzene rings is 2. The van der Waals surface area contributed by atoms with Gasteiger partial charge in [0, 0.05) is 27.2 Å². The topological polar surface area (TPSA) is 6.48 Å². The van der Waals surface area contributed by atoms with E-state index in [-0.39, 0.29) is 0 Å². The van der Waals surface area contributed by atoms with Gasteiger partial charge in [-0.2, -0.15) is 0 Å². The van der Waals surface area contributed by atoms with Gasteiger partial charge in [0.2, 0.25) is 0 Å². The maximum Gasteiger partial charge on any atom is 0.0608 e. The molecule has 0 saturated heterocycles. The maximum atomic E-state index is 2.41. The second-order valence-electron chi connectivity index (χ2n) is 8.30. The van der Waals surface area contributed by atoms with Crippen LogP contribution in [0.1, 0.15) is 55.7 Å². The van der Waals surface area contributed by atoms with Gasteiger partial charge in [0.05, 0.1) is 11.4 Å². The summed E-state index contributed by atoms with van der Waals surface area (Å²) >= 11 is 0. The number of hydrogen-bond donors (Lipinski definition) is 0. The Hall–Kier alpha value is -2.48. The number of anilines is 2. The molecule has 0 atom stereocenters. The molecule has 4 rings (SSSR count). The van der Waals surface area contributed by atoms with Crippen molar-refractivity contribution < 1.29 is 0 Å². The van der Waals surface area contributed by atoms with Crippen molar-refractivity contribution in [3.8, 4) is 0 Å². The predicted molar refractivity (Wildman–Crippen MR) is 123 cm³/mol. The molecule has 0 spiro atoms. The molecule has 1 fully saturated rings. The second kappa shape index (κ2) is 7.87. The molecule has 0 N–H and O–H groups in total. The second-order valence-corrected chi connectivity index (χ2v) is 8.30. The summed E-state index contributed by atoms with van der Waals surface area (Å²) in [7, 11) is 4.39. The van der Waals surface area contributed by atoms with Crippen LogP contribution in [0.4, 0.5) is 11.4 Å². The van der Waals surface area contributed by atoms with Crippen LogP contribution in [0.5, 0.6) is 0 Å². The van der Waals surface area contributed by atoms with Gasteiger partial charge < -0.3 is 9.80 Å². The first-order valence-corrected chi connectivity index (χ1v) is 10.6. The Balaban J connectivity index is 1.80. The first kappa shape index (κ1) is 18.9. The zero-order valence-electron chi connectivity index (χ0n) is 17.7. The quantitative estimate of drug-likeness (QED) is 0.446. The molecule has 28 heavy (non-hydrogen) atoms. The minimum Gasteiger partial charge on any atom is -0.371 e. The number of likely N-dealkylation sites (N-methyl/N-ethyl adjacent to an activating group) is 2. The van der Waals surface area contributed by atoms with Gasteiger partial charge in [-0.3, -0.25) is 0 Å². The van der Waals surface area contributed by atoms with Crippen LogP contribution in [0.3, 0.4) is 0 Å². The third-order valence-corrected chi connectivity index (χ3v) is 6.17. The highest BCUT2D eigenvalue weighted by molar-refractivity contribution is 5.96. The van der Waals surface area contributed by atoms with Gasteiger partial charge in [-0.25, -0.2) is 0 Å². The van der Waals surface area contributed by atoms with E-state index in [2.05, 4.69) is 92.4 Å². The summed E-state index contributed by atoms with van der Waals surface area (Å²) in [4.78, 5) is 4.74. The molecule has 0 radical (unpaired) electrons.